The number of halogens is 1. The van der Waals surface area contributed by atoms with E-state index in [1.807, 2.05) is 24.3 Å². The summed E-state index contributed by atoms with van der Waals surface area (Å²) in [4.78, 5) is 11.8. The quantitative estimate of drug-likeness (QED) is 0.809. The highest BCUT2D eigenvalue weighted by atomic mass is 35.5. The Morgan fingerprint density at radius 2 is 2.05 bits per heavy atom. The number of carbonyl (C=O) groups excluding carboxylic acids is 1. The largest absolute Gasteiger partial charge is 0.325 e. The molecule has 1 aromatic carbocycles. The summed E-state index contributed by atoms with van der Waals surface area (Å²) in [5.74, 6) is 0.481. The van der Waals surface area contributed by atoms with E-state index in [0.29, 0.717) is 12.2 Å². The molecule has 0 unspecified atom stereocenters. The Bertz CT molecular complexity index is 460. The molecule has 1 aromatic rings. The van der Waals surface area contributed by atoms with Gasteiger partial charge in [0.2, 0.25) is 0 Å². The normalized spacial score (nSPS) is 25.7. The first-order chi connectivity index (χ1) is 9.02. The standard InChI is InChI=1S/C16H20ClNO/c1-2-3-4-15(19)13-10-16(18,11-13)9-12-5-7-14(17)8-6-12/h2,5-8,13H,1,3-4,9-11,18H2. The van der Waals surface area contributed by atoms with Crippen molar-refractivity contribution in [1.82, 2.24) is 0 Å². The van der Waals surface area contributed by atoms with Gasteiger partial charge in [0.1, 0.15) is 5.78 Å². The molecule has 0 bridgehead atoms. The first kappa shape index (κ1) is 14.3. The van der Waals surface area contributed by atoms with Crippen LogP contribution in [0.3, 0.4) is 0 Å². The van der Waals surface area contributed by atoms with Crippen LogP contribution < -0.4 is 5.73 Å². The lowest BCUT2D eigenvalue weighted by Gasteiger charge is -2.44. The van der Waals surface area contributed by atoms with E-state index >= 15 is 0 Å². The molecule has 0 spiro atoms. The zero-order valence-corrected chi connectivity index (χ0v) is 11.8. The van der Waals surface area contributed by atoms with Crippen LogP contribution in [0.1, 0.15) is 31.2 Å². The number of rotatable bonds is 6. The molecule has 0 atom stereocenters. The Morgan fingerprint density at radius 1 is 1.42 bits per heavy atom. The van der Waals surface area contributed by atoms with Crippen molar-refractivity contribution in [3.05, 3.63) is 47.5 Å². The van der Waals surface area contributed by atoms with E-state index in [2.05, 4.69) is 6.58 Å². The van der Waals surface area contributed by atoms with Crippen LogP contribution in [-0.2, 0) is 11.2 Å². The summed E-state index contributed by atoms with van der Waals surface area (Å²) < 4.78 is 0. The first-order valence-corrected chi connectivity index (χ1v) is 7.07. The lowest BCUT2D eigenvalue weighted by Crippen LogP contribution is -2.55. The molecule has 102 valence electrons. The second-order valence-corrected chi connectivity index (χ2v) is 6.00. The van der Waals surface area contributed by atoms with E-state index < -0.39 is 0 Å². The summed E-state index contributed by atoms with van der Waals surface area (Å²) in [6, 6.07) is 7.77. The summed E-state index contributed by atoms with van der Waals surface area (Å²) in [6.45, 7) is 3.64. The molecule has 0 amide bonds. The summed E-state index contributed by atoms with van der Waals surface area (Å²) >= 11 is 5.86. The minimum absolute atomic E-state index is 0.150. The lowest BCUT2D eigenvalue weighted by molar-refractivity contribution is -0.127. The summed E-state index contributed by atoms with van der Waals surface area (Å²) in [6.07, 6.45) is 5.57. The summed E-state index contributed by atoms with van der Waals surface area (Å²) in [7, 11) is 0. The Morgan fingerprint density at radius 3 is 2.63 bits per heavy atom. The molecule has 2 N–H and O–H groups in total. The van der Waals surface area contributed by atoms with Crippen LogP contribution in [0, 0.1) is 5.92 Å². The Labute approximate surface area is 119 Å². The predicted molar refractivity (Wildman–Crippen MR) is 79.2 cm³/mol. The number of carbonyl (C=O) groups is 1. The molecule has 1 fully saturated rings. The van der Waals surface area contributed by atoms with Crippen molar-refractivity contribution in [2.45, 2.75) is 37.6 Å². The maximum absolute atomic E-state index is 11.8. The molecular formula is C16H20ClNO. The monoisotopic (exact) mass is 277 g/mol. The molecule has 19 heavy (non-hydrogen) atoms. The van der Waals surface area contributed by atoms with Gasteiger partial charge in [-0.1, -0.05) is 29.8 Å². The van der Waals surface area contributed by atoms with E-state index in [1.54, 1.807) is 6.08 Å². The smallest absolute Gasteiger partial charge is 0.136 e. The van der Waals surface area contributed by atoms with Gasteiger partial charge < -0.3 is 5.73 Å². The third kappa shape index (κ3) is 3.68. The van der Waals surface area contributed by atoms with Gasteiger partial charge in [-0.15, -0.1) is 6.58 Å². The van der Waals surface area contributed by atoms with E-state index in [0.717, 1.165) is 30.7 Å². The minimum atomic E-state index is -0.220. The minimum Gasteiger partial charge on any atom is -0.325 e. The molecule has 1 aliphatic carbocycles. The molecule has 0 aromatic heterocycles. The molecule has 0 saturated heterocycles. The second kappa shape index (κ2) is 5.89. The highest BCUT2D eigenvalue weighted by molar-refractivity contribution is 6.30. The van der Waals surface area contributed by atoms with Crippen molar-refractivity contribution in [2.24, 2.45) is 11.7 Å². The van der Waals surface area contributed by atoms with Crippen molar-refractivity contribution >= 4 is 17.4 Å². The van der Waals surface area contributed by atoms with Gasteiger partial charge in [-0.2, -0.15) is 0 Å². The van der Waals surface area contributed by atoms with E-state index in [4.69, 9.17) is 17.3 Å². The van der Waals surface area contributed by atoms with Crippen LogP contribution in [0.2, 0.25) is 5.02 Å². The molecule has 2 rings (SSSR count). The van der Waals surface area contributed by atoms with Crippen LogP contribution >= 0.6 is 11.6 Å². The van der Waals surface area contributed by atoms with Gasteiger partial charge in [-0.25, -0.2) is 0 Å². The fourth-order valence-corrected chi connectivity index (χ4v) is 2.88. The molecular weight excluding hydrogens is 258 g/mol. The third-order valence-electron chi connectivity index (χ3n) is 3.83. The molecule has 0 radical (unpaired) electrons. The van der Waals surface area contributed by atoms with Gasteiger partial charge in [-0.05, 0) is 43.4 Å². The number of allylic oxidation sites excluding steroid dienone is 1. The number of hydrogen-bond donors (Lipinski definition) is 1. The van der Waals surface area contributed by atoms with Crippen LogP contribution in [0.5, 0.6) is 0 Å². The maximum atomic E-state index is 11.8. The van der Waals surface area contributed by atoms with Gasteiger partial charge in [0.15, 0.2) is 0 Å². The van der Waals surface area contributed by atoms with E-state index in [9.17, 15) is 4.79 Å². The topological polar surface area (TPSA) is 43.1 Å². The first-order valence-electron chi connectivity index (χ1n) is 6.69. The fraction of sp³-hybridized carbons (Fsp3) is 0.438. The van der Waals surface area contributed by atoms with Crippen molar-refractivity contribution in [2.75, 3.05) is 0 Å². The Balaban J connectivity index is 1.85. The van der Waals surface area contributed by atoms with Gasteiger partial charge in [-0.3, -0.25) is 4.79 Å². The fourth-order valence-electron chi connectivity index (χ4n) is 2.75. The Kier molecular flexibility index (Phi) is 4.43. The highest BCUT2D eigenvalue weighted by Crippen LogP contribution is 2.39. The van der Waals surface area contributed by atoms with Gasteiger partial charge in [0.05, 0.1) is 0 Å². The summed E-state index contributed by atoms with van der Waals surface area (Å²) in [5.41, 5.74) is 7.29. The lowest BCUT2D eigenvalue weighted by atomic mass is 9.64. The molecule has 0 aliphatic heterocycles. The van der Waals surface area contributed by atoms with E-state index in [1.165, 1.54) is 5.56 Å². The van der Waals surface area contributed by atoms with Crippen molar-refractivity contribution in [1.29, 1.82) is 0 Å². The van der Waals surface area contributed by atoms with Crippen molar-refractivity contribution in [3.8, 4) is 0 Å². The average molecular weight is 278 g/mol. The molecule has 2 nitrogen and oxygen atoms in total. The zero-order valence-electron chi connectivity index (χ0n) is 11.1. The molecule has 0 heterocycles. The Hall–Kier alpha value is -1.12. The van der Waals surface area contributed by atoms with Crippen LogP contribution in [-0.4, -0.2) is 11.3 Å². The number of hydrogen-bond acceptors (Lipinski definition) is 2. The van der Waals surface area contributed by atoms with Crippen LogP contribution in [0.4, 0.5) is 0 Å². The van der Waals surface area contributed by atoms with Gasteiger partial charge >= 0.3 is 0 Å². The highest BCUT2D eigenvalue weighted by Gasteiger charge is 2.43. The van der Waals surface area contributed by atoms with Crippen LogP contribution in [0.15, 0.2) is 36.9 Å². The van der Waals surface area contributed by atoms with Crippen LogP contribution in [0.25, 0.3) is 0 Å². The number of benzene rings is 1. The number of nitrogens with two attached hydrogens (primary N) is 1. The SMILES string of the molecule is C=CCCC(=O)C1CC(N)(Cc2ccc(Cl)cc2)C1. The van der Waals surface area contributed by atoms with Gasteiger partial charge in [0.25, 0.3) is 0 Å². The average Bonchev–Trinajstić information content (AvgIpc) is 2.35. The summed E-state index contributed by atoms with van der Waals surface area (Å²) in [5, 5.41) is 0.737. The molecule has 1 aliphatic rings. The number of Topliss-reactive ketones (excluding diaryl/α,β-unsaturated/α-hetero) is 1. The number of ketones is 1. The molecule has 3 heteroatoms. The zero-order chi connectivity index (χ0) is 13.9. The van der Waals surface area contributed by atoms with Crippen molar-refractivity contribution in [3.63, 3.8) is 0 Å². The van der Waals surface area contributed by atoms with Gasteiger partial charge in [0, 0.05) is 22.9 Å². The third-order valence-corrected chi connectivity index (χ3v) is 4.08. The second-order valence-electron chi connectivity index (χ2n) is 5.56. The molecule has 1 saturated carbocycles. The predicted octanol–water partition coefficient (Wildman–Crippen LogP) is 3.53. The van der Waals surface area contributed by atoms with E-state index in [-0.39, 0.29) is 11.5 Å². The van der Waals surface area contributed by atoms with Crippen molar-refractivity contribution < 1.29 is 4.79 Å². The maximum Gasteiger partial charge on any atom is 0.136 e.